The van der Waals surface area contributed by atoms with Gasteiger partial charge >= 0.3 is 0 Å². The Morgan fingerprint density at radius 2 is 1.78 bits per heavy atom. The maximum atomic E-state index is 13.8. The Bertz CT molecular complexity index is 1140. The third kappa shape index (κ3) is 5.73. The van der Waals surface area contributed by atoms with E-state index in [0.29, 0.717) is 23.7 Å². The molecule has 192 valence electrons. The Kier molecular flexibility index (Phi) is 8.18. The van der Waals surface area contributed by atoms with E-state index in [0.717, 1.165) is 35.6 Å². The van der Waals surface area contributed by atoms with Crippen LogP contribution in [0.1, 0.15) is 98.5 Å². The lowest BCUT2D eigenvalue weighted by molar-refractivity contribution is 0.0485. The first-order chi connectivity index (χ1) is 17.6. The number of thiophene rings is 2. The van der Waals surface area contributed by atoms with Gasteiger partial charge in [-0.3, -0.25) is 9.79 Å². The fourth-order valence-electron chi connectivity index (χ4n) is 6.89. The van der Waals surface area contributed by atoms with Crippen molar-refractivity contribution >= 4 is 34.4 Å². The summed E-state index contributed by atoms with van der Waals surface area (Å²) in [5, 5.41) is 3.46. The molecule has 2 unspecified atom stereocenters. The number of nitrogens with two attached hydrogens (primary N) is 1. The van der Waals surface area contributed by atoms with Crippen molar-refractivity contribution in [1.29, 1.82) is 0 Å². The lowest BCUT2D eigenvalue weighted by Gasteiger charge is -2.44. The SMILES string of the molecule is CC#Cc1ccc(-c2ccc(C(=O)C3CCC(CN=C(N)NC4CCCCC4)CC34CCCC4)s2)s1. The highest BCUT2D eigenvalue weighted by Gasteiger charge is 2.48. The highest BCUT2D eigenvalue weighted by atomic mass is 32.1. The number of hydrogen-bond donors (Lipinski definition) is 2. The summed E-state index contributed by atoms with van der Waals surface area (Å²) in [5.74, 6) is 7.78. The molecule has 3 saturated carbocycles. The van der Waals surface area contributed by atoms with E-state index < -0.39 is 0 Å². The van der Waals surface area contributed by atoms with E-state index in [1.54, 1.807) is 22.7 Å². The molecule has 3 N–H and O–H groups in total. The number of carbonyl (C=O) groups is 1. The zero-order valence-corrected chi connectivity index (χ0v) is 23.1. The Balaban J connectivity index is 1.24. The molecule has 36 heavy (non-hydrogen) atoms. The van der Waals surface area contributed by atoms with Gasteiger partial charge in [0.15, 0.2) is 11.7 Å². The number of rotatable bonds is 6. The van der Waals surface area contributed by atoms with Crippen LogP contribution in [-0.4, -0.2) is 24.3 Å². The van der Waals surface area contributed by atoms with Crippen molar-refractivity contribution in [1.82, 2.24) is 5.32 Å². The van der Waals surface area contributed by atoms with Gasteiger partial charge in [0, 0.05) is 28.3 Å². The van der Waals surface area contributed by atoms with Crippen LogP contribution in [0.3, 0.4) is 0 Å². The summed E-state index contributed by atoms with van der Waals surface area (Å²) in [5.41, 5.74) is 6.42. The monoisotopic (exact) mass is 521 g/mol. The second-order valence-electron chi connectivity index (χ2n) is 11.0. The number of ketones is 1. The Morgan fingerprint density at radius 1 is 1.03 bits per heavy atom. The summed E-state index contributed by atoms with van der Waals surface area (Å²) in [4.78, 5) is 23.0. The highest BCUT2D eigenvalue weighted by molar-refractivity contribution is 7.23. The fraction of sp³-hybridized carbons (Fsp3) is 0.600. The van der Waals surface area contributed by atoms with Crippen LogP contribution >= 0.6 is 22.7 Å². The van der Waals surface area contributed by atoms with Gasteiger partial charge in [0.1, 0.15) is 0 Å². The zero-order valence-electron chi connectivity index (χ0n) is 21.5. The molecule has 0 aliphatic heterocycles. The van der Waals surface area contributed by atoms with Crippen LogP contribution in [0.5, 0.6) is 0 Å². The number of aliphatic imine (C=N–C) groups is 1. The van der Waals surface area contributed by atoms with Crippen molar-refractivity contribution in [2.75, 3.05) is 6.54 Å². The molecule has 0 amide bonds. The molecule has 2 heterocycles. The van der Waals surface area contributed by atoms with Crippen molar-refractivity contribution in [3.63, 3.8) is 0 Å². The van der Waals surface area contributed by atoms with E-state index in [9.17, 15) is 4.79 Å². The number of Topliss-reactive ketones (excluding diaryl/α,β-unsaturated/α-hetero) is 1. The smallest absolute Gasteiger partial charge is 0.188 e. The minimum atomic E-state index is 0.147. The van der Waals surface area contributed by atoms with Gasteiger partial charge in [0.2, 0.25) is 0 Å². The van der Waals surface area contributed by atoms with Gasteiger partial charge in [-0.05, 0) is 87.5 Å². The van der Waals surface area contributed by atoms with Crippen LogP contribution in [0.4, 0.5) is 0 Å². The predicted molar refractivity (Wildman–Crippen MR) is 153 cm³/mol. The predicted octanol–water partition coefficient (Wildman–Crippen LogP) is 7.24. The first-order valence-corrected chi connectivity index (χ1v) is 15.4. The minimum absolute atomic E-state index is 0.147. The van der Waals surface area contributed by atoms with E-state index >= 15 is 0 Å². The minimum Gasteiger partial charge on any atom is -0.370 e. The Morgan fingerprint density at radius 3 is 2.56 bits per heavy atom. The molecule has 0 aromatic carbocycles. The molecule has 2 aromatic heterocycles. The number of nitrogens with zero attached hydrogens (tertiary/aromatic N) is 1. The molecule has 0 saturated heterocycles. The molecule has 6 heteroatoms. The van der Waals surface area contributed by atoms with Crippen molar-refractivity contribution < 1.29 is 4.79 Å². The fourth-order valence-corrected chi connectivity index (χ4v) is 8.89. The first-order valence-electron chi connectivity index (χ1n) is 13.8. The molecular weight excluding hydrogens is 482 g/mol. The molecule has 2 atom stereocenters. The maximum Gasteiger partial charge on any atom is 0.188 e. The van der Waals surface area contributed by atoms with Gasteiger partial charge in [-0.2, -0.15) is 0 Å². The van der Waals surface area contributed by atoms with Gasteiger partial charge in [0.25, 0.3) is 0 Å². The topological polar surface area (TPSA) is 67.5 Å². The average Bonchev–Trinajstić information content (AvgIpc) is 3.65. The zero-order chi connectivity index (χ0) is 25.0. The second kappa shape index (κ2) is 11.5. The molecule has 2 aromatic rings. The third-order valence-electron chi connectivity index (χ3n) is 8.64. The Labute approximate surface area is 224 Å². The maximum absolute atomic E-state index is 13.8. The molecular formula is C30H39N3OS2. The average molecular weight is 522 g/mol. The largest absolute Gasteiger partial charge is 0.370 e. The van der Waals surface area contributed by atoms with Crippen LogP contribution in [0.25, 0.3) is 9.75 Å². The molecule has 1 spiro atoms. The number of guanidine groups is 1. The molecule has 0 radical (unpaired) electrons. The van der Waals surface area contributed by atoms with E-state index in [2.05, 4.69) is 41.4 Å². The third-order valence-corrected chi connectivity index (χ3v) is 10.9. The summed E-state index contributed by atoms with van der Waals surface area (Å²) in [7, 11) is 0. The standard InChI is InChI=1S/C30H39N3OS2/c1-2-8-23-12-14-25(35-23)26-15-16-27(36-26)28(34)24-13-11-21(19-30(24)17-6-7-18-30)20-32-29(31)33-22-9-4-3-5-10-22/h12,14-16,21-22,24H,3-7,9-11,13,17-20H2,1H3,(H3,31,32,33). The number of hydrogen-bond acceptors (Lipinski definition) is 4. The summed E-state index contributed by atoms with van der Waals surface area (Å²) in [6.45, 7) is 2.66. The van der Waals surface area contributed by atoms with E-state index in [1.165, 1.54) is 67.5 Å². The summed E-state index contributed by atoms with van der Waals surface area (Å²) < 4.78 is 0. The molecule has 5 rings (SSSR count). The molecule has 3 fully saturated rings. The first kappa shape index (κ1) is 25.5. The van der Waals surface area contributed by atoms with Gasteiger partial charge in [-0.15, -0.1) is 28.6 Å². The van der Waals surface area contributed by atoms with E-state index in [4.69, 9.17) is 10.7 Å². The lowest BCUT2D eigenvalue weighted by Crippen LogP contribution is -2.42. The second-order valence-corrected chi connectivity index (χ2v) is 13.2. The van der Waals surface area contributed by atoms with Gasteiger partial charge < -0.3 is 11.1 Å². The van der Waals surface area contributed by atoms with Crippen LogP contribution in [0.2, 0.25) is 0 Å². The molecule has 0 bridgehead atoms. The number of carbonyl (C=O) groups excluding carboxylic acids is 1. The van der Waals surface area contributed by atoms with Gasteiger partial charge in [-0.1, -0.05) is 38.0 Å². The lowest BCUT2D eigenvalue weighted by atomic mass is 9.60. The molecule has 4 nitrogen and oxygen atoms in total. The van der Waals surface area contributed by atoms with Crippen molar-refractivity contribution in [2.24, 2.45) is 28.0 Å². The van der Waals surface area contributed by atoms with Crippen molar-refractivity contribution in [2.45, 2.75) is 90.0 Å². The van der Waals surface area contributed by atoms with Crippen molar-refractivity contribution in [3.8, 4) is 21.6 Å². The summed E-state index contributed by atoms with van der Waals surface area (Å²) >= 11 is 3.37. The van der Waals surface area contributed by atoms with Crippen LogP contribution < -0.4 is 11.1 Å². The van der Waals surface area contributed by atoms with E-state index in [-0.39, 0.29) is 11.3 Å². The van der Waals surface area contributed by atoms with Gasteiger partial charge in [-0.25, -0.2) is 0 Å². The quantitative estimate of drug-likeness (QED) is 0.182. The van der Waals surface area contributed by atoms with E-state index in [1.807, 2.05) is 6.92 Å². The van der Waals surface area contributed by atoms with Crippen LogP contribution in [-0.2, 0) is 0 Å². The van der Waals surface area contributed by atoms with Crippen LogP contribution in [0, 0.1) is 29.1 Å². The normalized spacial score (nSPS) is 24.4. The highest BCUT2D eigenvalue weighted by Crippen LogP contribution is 2.55. The van der Waals surface area contributed by atoms with Crippen molar-refractivity contribution in [3.05, 3.63) is 34.0 Å². The summed E-state index contributed by atoms with van der Waals surface area (Å²) in [6.07, 6.45) is 14.4. The van der Waals surface area contributed by atoms with Gasteiger partial charge in [0.05, 0.1) is 9.75 Å². The number of nitrogens with one attached hydrogen (secondary N) is 1. The van der Waals surface area contributed by atoms with Crippen LogP contribution in [0.15, 0.2) is 29.3 Å². The molecule has 3 aliphatic carbocycles. The molecule has 3 aliphatic rings. The summed E-state index contributed by atoms with van der Waals surface area (Å²) in [6, 6.07) is 8.88. The Hall–Kier alpha value is -2.10.